The van der Waals surface area contributed by atoms with E-state index in [9.17, 15) is 4.79 Å². The average Bonchev–Trinajstić information content (AvgIpc) is 2.37. The van der Waals surface area contributed by atoms with Gasteiger partial charge in [0.25, 0.3) is 0 Å². The molecule has 1 unspecified atom stereocenters. The summed E-state index contributed by atoms with van der Waals surface area (Å²) in [5.74, 6) is 1.13. The van der Waals surface area contributed by atoms with Crippen LogP contribution in [0.3, 0.4) is 0 Å². The number of nitrogens with one attached hydrogen (secondary N) is 2. The summed E-state index contributed by atoms with van der Waals surface area (Å²) < 4.78 is 10.9. The van der Waals surface area contributed by atoms with Gasteiger partial charge in [-0.25, -0.2) is 5.43 Å². The number of hydrogen-bond donors (Lipinski definition) is 2. The van der Waals surface area contributed by atoms with Crippen molar-refractivity contribution in [3.63, 3.8) is 0 Å². The summed E-state index contributed by atoms with van der Waals surface area (Å²) in [7, 11) is 1.66. The van der Waals surface area contributed by atoms with E-state index in [0.717, 1.165) is 11.3 Å². The van der Waals surface area contributed by atoms with Crippen molar-refractivity contribution in [2.45, 2.75) is 12.8 Å². The van der Waals surface area contributed by atoms with Crippen LogP contribution in [0.2, 0.25) is 0 Å². The quantitative estimate of drug-likeness (QED) is 0.763. The van der Waals surface area contributed by atoms with Crippen molar-refractivity contribution in [1.29, 1.82) is 0 Å². The van der Waals surface area contributed by atoms with E-state index in [2.05, 4.69) is 10.9 Å². The number of hydrazine groups is 1. The lowest BCUT2D eigenvalue weighted by molar-refractivity contribution is -0.123. The third-order valence-corrected chi connectivity index (χ3v) is 2.71. The summed E-state index contributed by atoms with van der Waals surface area (Å²) in [6.07, 6.45) is 0. The fourth-order valence-corrected chi connectivity index (χ4v) is 1.71. The van der Waals surface area contributed by atoms with E-state index in [4.69, 9.17) is 9.47 Å². The van der Waals surface area contributed by atoms with Crippen molar-refractivity contribution in [2.24, 2.45) is 0 Å². The number of carbonyl (C=O) groups excluding carboxylic acids is 1. The van der Waals surface area contributed by atoms with E-state index in [1.165, 1.54) is 0 Å². The van der Waals surface area contributed by atoms with Gasteiger partial charge in [-0.15, -0.1) is 0 Å². The van der Waals surface area contributed by atoms with E-state index >= 15 is 0 Å². The fraction of sp³-hybridized carbons (Fsp3) is 0.417. The van der Waals surface area contributed by atoms with Crippen LogP contribution in [0.4, 0.5) is 0 Å². The van der Waals surface area contributed by atoms with Crippen molar-refractivity contribution in [3.8, 4) is 11.5 Å². The molecule has 1 heterocycles. The monoisotopic (exact) mass is 236 g/mol. The summed E-state index contributed by atoms with van der Waals surface area (Å²) in [4.78, 5) is 11.7. The molecule has 2 rings (SSSR count). The molecular weight excluding hydrogens is 220 g/mol. The molecule has 1 amide bonds. The molecule has 1 aliphatic rings. The highest BCUT2D eigenvalue weighted by atomic mass is 16.6. The van der Waals surface area contributed by atoms with E-state index in [-0.39, 0.29) is 11.8 Å². The first-order valence-electron chi connectivity index (χ1n) is 5.58. The minimum absolute atomic E-state index is 0.0795. The Labute approximate surface area is 100 Å². The molecule has 2 N–H and O–H groups in total. The van der Waals surface area contributed by atoms with Crippen LogP contribution in [0.25, 0.3) is 0 Å². The molecule has 0 bridgehead atoms. The third-order valence-electron chi connectivity index (χ3n) is 2.71. The Kier molecular flexibility index (Phi) is 3.49. The van der Waals surface area contributed by atoms with Crippen LogP contribution in [0.15, 0.2) is 18.2 Å². The maximum Gasteiger partial charge on any atom is 0.241 e. The van der Waals surface area contributed by atoms with Crippen LogP contribution in [-0.2, 0) is 4.79 Å². The van der Waals surface area contributed by atoms with Gasteiger partial charge in [-0.1, -0.05) is 6.07 Å². The van der Waals surface area contributed by atoms with Gasteiger partial charge in [0.1, 0.15) is 13.2 Å². The number of carbonyl (C=O) groups is 1. The Hall–Kier alpha value is -1.75. The van der Waals surface area contributed by atoms with Crippen molar-refractivity contribution >= 4 is 5.91 Å². The van der Waals surface area contributed by atoms with Crippen LogP contribution in [0, 0.1) is 0 Å². The van der Waals surface area contributed by atoms with Gasteiger partial charge >= 0.3 is 0 Å². The first-order valence-corrected chi connectivity index (χ1v) is 5.58. The topological polar surface area (TPSA) is 59.6 Å². The van der Waals surface area contributed by atoms with Crippen molar-refractivity contribution < 1.29 is 14.3 Å². The first kappa shape index (κ1) is 11.7. The van der Waals surface area contributed by atoms with Gasteiger partial charge in [-0.2, -0.15) is 0 Å². The summed E-state index contributed by atoms with van der Waals surface area (Å²) in [5, 5.41) is 0. The number of rotatable bonds is 3. The van der Waals surface area contributed by atoms with Crippen molar-refractivity contribution in [2.75, 3.05) is 20.3 Å². The summed E-state index contributed by atoms with van der Waals surface area (Å²) in [5.41, 5.74) is 6.09. The zero-order chi connectivity index (χ0) is 12.3. The lowest BCUT2D eigenvalue weighted by Gasteiger charge is -2.20. The standard InChI is InChI=1S/C12H16N2O3/c1-8(12(15)14-13-2)9-3-4-10-11(7-9)17-6-5-16-10/h3-4,7-8,13H,5-6H2,1-2H3,(H,14,15). The van der Waals surface area contributed by atoms with Gasteiger partial charge in [0, 0.05) is 7.05 Å². The van der Waals surface area contributed by atoms with Crippen LogP contribution in [0.5, 0.6) is 11.5 Å². The van der Waals surface area contributed by atoms with Gasteiger partial charge in [0.05, 0.1) is 5.92 Å². The first-order chi connectivity index (χ1) is 8.22. The van der Waals surface area contributed by atoms with Crippen LogP contribution in [0.1, 0.15) is 18.4 Å². The molecular formula is C12H16N2O3. The maximum absolute atomic E-state index is 11.7. The largest absolute Gasteiger partial charge is 0.486 e. The molecule has 1 atom stereocenters. The molecule has 0 spiro atoms. The molecule has 17 heavy (non-hydrogen) atoms. The normalized spacial score (nSPS) is 15.2. The molecule has 1 aromatic rings. The van der Waals surface area contributed by atoms with Gasteiger partial charge in [-0.05, 0) is 24.6 Å². The Morgan fingerprint density at radius 2 is 2.00 bits per heavy atom. The molecule has 0 saturated heterocycles. The molecule has 0 aliphatic carbocycles. The minimum atomic E-state index is -0.238. The van der Waals surface area contributed by atoms with E-state index in [0.29, 0.717) is 19.0 Å². The molecule has 0 fully saturated rings. The Morgan fingerprint density at radius 3 is 2.71 bits per heavy atom. The predicted octanol–water partition coefficient (Wildman–Crippen LogP) is 0.812. The van der Waals surface area contributed by atoms with E-state index in [1.807, 2.05) is 25.1 Å². The number of benzene rings is 1. The molecule has 0 radical (unpaired) electrons. The average molecular weight is 236 g/mol. The molecule has 1 aromatic carbocycles. The zero-order valence-electron chi connectivity index (χ0n) is 9.95. The SMILES string of the molecule is CNNC(=O)C(C)c1ccc2c(c1)OCCO2. The Balaban J connectivity index is 2.18. The summed E-state index contributed by atoms with van der Waals surface area (Å²) in [6.45, 7) is 2.97. The second-order valence-corrected chi connectivity index (χ2v) is 3.86. The zero-order valence-corrected chi connectivity index (χ0v) is 9.95. The summed E-state index contributed by atoms with van der Waals surface area (Å²) in [6, 6.07) is 5.58. The fourth-order valence-electron chi connectivity index (χ4n) is 1.71. The van der Waals surface area contributed by atoms with Crippen molar-refractivity contribution in [3.05, 3.63) is 23.8 Å². The smallest absolute Gasteiger partial charge is 0.241 e. The van der Waals surface area contributed by atoms with Gasteiger partial charge in [0.2, 0.25) is 5.91 Å². The lowest BCUT2D eigenvalue weighted by atomic mass is 10.00. The second-order valence-electron chi connectivity index (χ2n) is 3.86. The second kappa shape index (κ2) is 5.05. The van der Waals surface area contributed by atoms with E-state index in [1.54, 1.807) is 7.05 Å². The highest BCUT2D eigenvalue weighted by molar-refractivity contribution is 5.83. The number of ether oxygens (including phenoxy) is 2. The van der Waals surface area contributed by atoms with Crippen LogP contribution >= 0.6 is 0 Å². The molecule has 92 valence electrons. The number of fused-ring (bicyclic) bond motifs is 1. The Bertz CT molecular complexity index is 420. The molecule has 1 aliphatic heterocycles. The van der Waals surface area contributed by atoms with Crippen molar-refractivity contribution in [1.82, 2.24) is 10.9 Å². The predicted molar refractivity (Wildman–Crippen MR) is 63.0 cm³/mol. The number of hydrogen-bond acceptors (Lipinski definition) is 4. The molecule has 5 nitrogen and oxygen atoms in total. The lowest BCUT2D eigenvalue weighted by Crippen LogP contribution is -2.37. The molecule has 0 saturated carbocycles. The third kappa shape index (κ3) is 2.50. The van der Waals surface area contributed by atoms with Crippen LogP contribution < -0.4 is 20.3 Å². The number of amides is 1. The highest BCUT2D eigenvalue weighted by Gasteiger charge is 2.18. The highest BCUT2D eigenvalue weighted by Crippen LogP contribution is 2.32. The molecule has 5 heteroatoms. The van der Waals surface area contributed by atoms with Gasteiger partial charge < -0.3 is 9.47 Å². The van der Waals surface area contributed by atoms with Gasteiger partial charge in [0.15, 0.2) is 11.5 Å². The van der Waals surface area contributed by atoms with Gasteiger partial charge in [-0.3, -0.25) is 10.2 Å². The summed E-state index contributed by atoms with van der Waals surface area (Å²) >= 11 is 0. The molecule has 0 aromatic heterocycles. The van der Waals surface area contributed by atoms with E-state index < -0.39 is 0 Å². The minimum Gasteiger partial charge on any atom is -0.486 e. The maximum atomic E-state index is 11.7. The Morgan fingerprint density at radius 1 is 1.29 bits per heavy atom. The van der Waals surface area contributed by atoms with Crippen LogP contribution in [-0.4, -0.2) is 26.2 Å².